The summed E-state index contributed by atoms with van der Waals surface area (Å²) in [6.07, 6.45) is 0. The molecular weight excluding hydrogens is 225 g/mol. The van der Waals surface area contributed by atoms with Crippen molar-refractivity contribution in [3.05, 3.63) is 65.5 Å². The first-order valence-corrected chi connectivity index (χ1v) is 6.24. The summed E-state index contributed by atoms with van der Waals surface area (Å²) in [5, 5.41) is 3.41. The van der Waals surface area contributed by atoms with Crippen LogP contribution in [0, 0.1) is 5.82 Å². The average Bonchev–Trinajstić information content (AvgIpc) is 2.38. The van der Waals surface area contributed by atoms with Crippen molar-refractivity contribution < 1.29 is 4.39 Å². The summed E-state index contributed by atoms with van der Waals surface area (Å²) in [6.45, 7) is 5.07. The Morgan fingerprint density at radius 3 is 2.33 bits per heavy atom. The van der Waals surface area contributed by atoms with Crippen molar-refractivity contribution in [1.82, 2.24) is 0 Å². The van der Waals surface area contributed by atoms with Crippen molar-refractivity contribution in [3.63, 3.8) is 0 Å². The van der Waals surface area contributed by atoms with Gasteiger partial charge in [0, 0.05) is 12.2 Å². The monoisotopic (exact) mass is 243 g/mol. The van der Waals surface area contributed by atoms with Crippen LogP contribution in [0.4, 0.5) is 10.1 Å². The second kappa shape index (κ2) is 5.67. The van der Waals surface area contributed by atoms with Crippen LogP contribution in [-0.2, 0) is 6.54 Å². The standard InChI is InChI=1S/C16H18FN/c1-12(2)15-5-3-4-6-16(15)18-11-13-7-9-14(17)10-8-13/h3-10,12,18H,11H2,1-2H3. The van der Waals surface area contributed by atoms with E-state index in [1.54, 1.807) is 12.1 Å². The van der Waals surface area contributed by atoms with Crippen molar-refractivity contribution in [1.29, 1.82) is 0 Å². The first-order valence-electron chi connectivity index (χ1n) is 6.24. The third-order valence-corrected chi connectivity index (χ3v) is 2.98. The minimum atomic E-state index is -0.193. The first kappa shape index (κ1) is 12.6. The van der Waals surface area contributed by atoms with Crippen LogP contribution in [0.5, 0.6) is 0 Å². The van der Waals surface area contributed by atoms with Gasteiger partial charge >= 0.3 is 0 Å². The van der Waals surface area contributed by atoms with Crippen LogP contribution in [0.1, 0.15) is 30.9 Å². The van der Waals surface area contributed by atoms with E-state index in [9.17, 15) is 4.39 Å². The summed E-state index contributed by atoms with van der Waals surface area (Å²) >= 11 is 0. The van der Waals surface area contributed by atoms with Crippen LogP contribution in [0.2, 0.25) is 0 Å². The minimum absolute atomic E-state index is 0.193. The van der Waals surface area contributed by atoms with Crippen LogP contribution in [-0.4, -0.2) is 0 Å². The number of halogens is 1. The van der Waals surface area contributed by atoms with Crippen LogP contribution in [0.15, 0.2) is 48.5 Å². The minimum Gasteiger partial charge on any atom is -0.381 e. The first-order chi connectivity index (χ1) is 8.66. The molecule has 0 aliphatic rings. The van der Waals surface area contributed by atoms with Gasteiger partial charge in [0.2, 0.25) is 0 Å². The maximum atomic E-state index is 12.8. The molecule has 1 nitrogen and oxygen atoms in total. The second-order valence-corrected chi connectivity index (χ2v) is 4.72. The van der Waals surface area contributed by atoms with Gasteiger partial charge in [-0.2, -0.15) is 0 Å². The van der Waals surface area contributed by atoms with Crippen LogP contribution >= 0.6 is 0 Å². The van der Waals surface area contributed by atoms with Crippen molar-refractivity contribution in [3.8, 4) is 0 Å². The summed E-state index contributed by atoms with van der Waals surface area (Å²) in [5.41, 5.74) is 3.53. The van der Waals surface area contributed by atoms with Crippen molar-refractivity contribution in [2.24, 2.45) is 0 Å². The number of hydrogen-bond donors (Lipinski definition) is 1. The molecular formula is C16H18FN. The fourth-order valence-corrected chi connectivity index (χ4v) is 1.96. The molecule has 94 valence electrons. The number of nitrogens with one attached hydrogen (secondary N) is 1. The molecule has 2 heteroatoms. The van der Waals surface area contributed by atoms with Gasteiger partial charge in [-0.3, -0.25) is 0 Å². The molecule has 0 saturated heterocycles. The highest BCUT2D eigenvalue weighted by Crippen LogP contribution is 2.24. The van der Waals surface area contributed by atoms with E-state index in [0.29, 0.717) is 12.5 Å². The lowest BCUT2D eigenvalue weighted by molar-refractivity contribution is 0.627. The normalized spacial score (nSPS) is 10.7. The summed E-state index contributed by atoms with van der Waals surface area (Å²) in [5.74, 6) is 0.295. The molecule has 2 aromatic rings. The molecule has 18 heavy (non-hydrogen) atoms. The number of benzene rings is 2. The predicted molar refractivity (Wildman–Crippen MR) is 74.3 cm³/mol. The summed E-state index contributed by atoms with van der Waals surface area (Å²) < 4.78 is 12.8. The van der Waals surface area contributed by atoms with Gasteiger partial charge in [-0.25, -0.2) is 4.39 Å². The van der Waals surface area contributed by atoms with E-state index in [4.69, 9.17) is 0 Å². The molecule has 0 unspecified atom stereocenters. The van der Waals surface area contributed by atoms with Crippen LogP contribution in [0.25, 0.3) is 0 Å². The molecule has 0 saturated carbocycles. The molecule has 0 aromatic heterocycles. The van der Waals surface area contributed by atoms with Gasteiger partial charge in [-0.1, -0.05) is 44.2 Å². The molecule has 0 radical (unpaired) electrons. The molecule has 0 fully saturated rings. The predicted octanol–water partition coefficient (Wildman–Crippen LogP) is 4.56. The molecule has 0 amide bonds. The zero-order valence-corrected chi connectivity index (χ0v) is 10.8. The van der Waals surface area contributed by atoms with Crippen molar-refractivity contribution in [2.75, 3.05) is 5.32 Å². The van der Waals surface area contributed by atoms with Gasteiger partial charge in [0.1, 0.15) is 5.82 Å². The van der Waals surface area contributed by atoms with Gasteiger partial charge < -0.3 is 5.32 Å². The Labute approximate surface area is 108 Å². The Bertz CT molecular complexity index is 503. The number of rotatable bonds is 4. The highest BCUT2D eigenvalue weighted by atomic mass is 19.1. The quantitative estimate of drug-likeness (QED) is 0.830. The Kier molecular flexibility index (Phi) is 3.98. The highest BCUT2D eigenvalue weighted by Gasteiger charge is 2.05. The topological polar surface area (TPSA) is 12.0 Å². The van der Waals surface area contributed by atoms with Crippen molar-refractivity contribution in [2.45, 2.75) is 26.3 Å². The molecule has 2 aromatic carbocycles. The molecule has 2 rings (SSSR count). The second-order valence-electron chi connectivity index (χ2n) is 4.72. The lowest BCUT2D eigenvalue weighted by atomic mass is 10.0. The number of anilines is 1. The molecule has 1 N–H and O–H groups in total. The smallest absolute Gasteiger partial charge is 0.123 e. The van der Waals surface area contributed by atoms with Gasteiger partial charge in [-0.05, 0) is 35.2 Å². The average molecular weight is 243 g/mol. The highest BCUT2D eigenvalue weighted by molar-refractivity contribution is 5.52. The summed E-state index contributed by atoms with van der Waals surface area (Å²) in [7, 11) is 0. The molecule has 0 heterocycles. The zero-order valence-electron chi connectivity index (χ0n) is 10.8. The maximum absolute atomic E-state index is 12.8. The Hall–Kier alpha value is -1.83. The zero-order chi connectivity index (χ0) is 13.0. The lowest BCUT2D eigenvalue weighted by Crippen LogP contribution is -2.03. The fourth-order valence-electron chi connectivity index (χ4n) is 1.96. The molecule has 0 aliphatic heterocycles. The molecule has 0 spiro atoms. The van der Waals surface area contributed by atoms with Crippen LogP contribution < -0.4 is 5.32 Å². The third-order valence-electron chi connectivity index (χ3n) is 2.98. The lowest BCUT2D eigenvalue weighted by Gasteiger charge is -2.14. The number of para-hydroxylation sites is 1. The van der Waals surface area contributed by atoms with E-state index < -0.39 is 0 Å². The van der Waals surface area contributed by atoms with E-state index in [1.165, 1.54) is 17.7 Å². The number of hydrogen-bond acceptors (Lipinski definition) is 1. The summed E-state index contributed by atoms with van der Waals surface area (Å²) in [6, 6.07) is 14.9. The van der Waals surface area contributed by atoms with Crippen molar-refractivity contribution >= 4 is 5.69 Å². The molecule has 0 aliphatic carbocycles. The SMILES string of the molecule is CC(C)c1ccccc1NCc1ccc(F)cc1. The third kappa shape index (κ3) is 3.10. The Morgan fingerprint density at radius 2 is 1.67 bits per heavy atom. The van der Waals surface area contributed by atoms with E-state index in [2.05, 4.69) is 37.4 Å². The summed E-state index contributed by atoms with van der Waals surface area (Å²) in [4.78, 5) is 0. The largest absolute Gasteiger partial charge is 0.381 e. The van der Waals surface area contributed by atoms with Crippen LogP contribution in [0.3, 0.4) is 0 Å². The molecule has 0 atom stereocenters. The Morgan fingerprint density at radius 1 is 1.00 bits per heavy atom. The van der Waals surface area contributed by atoms with E-state index in [1.807, 2.05) is 6.07 Å². The van der Waals surface area contributed by atoms with Gasteiger partial charge in [0.25, 0.3) is 0 Å². The maximum Gasteiger partial charge on any atom is 0.123 e. The Balaban J connectivity index is 2.08. The fraction of sp³-hybridized carbons (Fsp3) is 0.250. The van der Waals surface area contributed by atoms with Gasteiger partial charge in [0.15, 0.2) is 0 Å². The van der Waals surface area contributed by atoms with E-state index in [0.717, 1.165) is 11.3 Å². The van der Waals surface area contributed by atoms with E-state index in [-0.39, 0.29) is 5.82 Å². The molecule has 0 bridgehead atoms. The van der Waals surface area contributed by atoms with Gasteiger partial charge in [0.05, 0.1) is 0 Å². The van der Waals surface area contributed by atoms with Gasteiger partial charge in [-0.15, -0.1) is 0 Å². The van der Waals surface area contributed by atoms with E-state index >= 15 is 0 Å².